The van der Waals surface area contributed by atoms with Crippen LogP contribution in [-0.2, 0) is 26.3 Å². The Morgan fingerprint density at radius 1 is 0.941 bits per heavy atom. The summed E-state index contributed by atoms with van der Waals surface area (Å²) >= 11 is 0. The molecule has 3 atom stereocenters. The largest absolute Gasteiger partial charge is 0.414 e. The third-order valence-corrected chi connectivity index (χ3v) is 17.9. The molecule has 0 aliphatic rings. The molecular formula is C26H50FNO3SSi2. The van der Waals surface area contributed by atoms with Gasteiger partial charge in [-0.15, -0.1) is 0 Å². The van der Waals surface area contributed by atoms with Crippen LogP contribution in [0.4, 0.5) is 4.39 Å². The van der Waals surface area contributed by atoms with Gasteiger partial charge in [0.05, 0.1) is 34.5 Å². The zero-order valence-electron chi connectivity index (χ0n) is 23.9. The zero-order valence-corrected chi connectivity index (χ0v) is 26.7. The normalized spacial score (nSPS) is 16.9. The third-order valence-electron chi connectivity index (χ3n) is 7.27. The van der Waals surface area contributed by atoms with Crippen LogP contribution in [0.5, 0.6) is 0 Å². The van der Waals surface area contributed by atoms with E-state index in [1.54, 1.807) is 12.1 Å². The fraction of sp³-hybridized carbons (Fsp3) is 0.769. The second kappa shape index (κ2) is 11.3. The van der Waals surface area contributed by atoms with Crippen molar-refractivity contribution in [3.05, 3.63) is 35.6 Å². The van der Waals surface area contributed by atoms with Gasteiger partial charge in [-0.2, -0.15) is 0 Å². The molecule has 0 amide bonds. The Bertz CT molecular complexity index is 827. The van der Waals surface area contributed by atoms with Crippen LogP contribution < -0.4 is 4.72 Å². The lowest BCUT2D eigenvalue weighted by Crippen LogP contribution is -2.56. The van der Waals surface area contributed by atoms with Gasteiger partial charge < -0.3 is 8.85 Å². The van der Waals surface area contributed by atoms with E-state index in [4.69, 9.17) is 8.85 Å². The molecular weight excluding hydrogens is 482 g/mol. The summed E-state index contributed by atoms with van der Waals surface area (Å²) in [4.78, 5) is 0. The average molecular weight is 532 g/mol. The lowest BCUT2D eigenvalue weighted by atomic mass is 10.0. The standard InChI is InChI=1S/C26H50FNO3SSi2/c1-24(2,3)32(29)28-22(18-20-15-14-16-21(27)17-20)23(31-34(12,13)26(7,8)9)19-30-33(10,11)25(4,5)6/h14-17,22-23,28H,18-19H2,1-13H3/t22-,23+,32?/m0/s1. The Labute approximate surface area is 213 Å². The van der Waals surface area contributed by atoms with Gasteiger partial charge in [0.15, 0.2) is 16.6 Å². The first kappa shape index (κ1) is 31.6. The summed E-state index contributed by atoms with van der Waals surface area (Å²) in [7, 11) is -5.53. The van der Waals surface area contributed by atoms with Crippen molar-refractivity contribution < 1.29 is 17.5 Å². The fourth-order valence-electron chi connectivity index (χ4n) is 2.78. The molecule has 0 spiro atoms. The van der Waals surface area contributed by atoms with E-state index >= 15 is 0 Å². The predicted molar refractivity (Wildman–Crippen MR) is 150 cm³/mol. The topological polar surface area (TPSA) is 47.6 Å². The smallest absolute Gasteiger partial charge is 0.192 e. The molecule has 34 heavy (non-hydrogen) atoms. The first-order valence-corrected chi connectivity index (χ1v) is 19.3. The van der Waals surface area contributed by atoms with E-state index in [1.807, 2.05) is 26.8 Å². The van der Waals surface area contributed by atoms with Crippen LogP contribution in [-0.4, -0.2) is 44.3 Å². The van der Waals surface area contributed by atoms with Crippen LogP contribution in [0.25, 0.3) is 0 Å². The number of hydrogen-bond acceptors (Lipinski definition) is 3. The number of hydrogen-bond donors (Lipinski definition) is 1. The van der Waals surface area contributed by atoms with Gasteiger partial charge in [-0.3, -0.25) is 0 Å². The highest BCUT2D eigenvalue weighted by Crippen LogP contribution is 2.39. The number of rotatable bonds is 10. The van der Waals surface area contributed by atoms with Crippen molar-refractivity contribution in [2.45, 2.75) is 122 Å². The van der Waals surface area contributed by atoms with Crippen molar-refractivity contribution in [1.29, 1.82) is 0 Å². The van der Waals surface area contributed by atoms with Gasteiger partial charge in [0.2, 0.25) is 0 Å². The molecule has 1 unspecified atom stereocenters. The molecule has 0 bridgehead atoms. The monoisotopic (exact) mass is 531 g/mol. The first-order valence-electron chi connectivity index (χ1n) is 12.3. The quantitative estimate of drug-likeness (QED) is 0.325. The van der Waals surface area contributed by atoms with Crippen LogP contribution in [0.2, 0.25) is 36.3 Å². The molecule has 0 radical (unpaired) electrons. The van der Waals surface area contributed by atoms with Crippen molar-refractivity contribution >= 4 is 27.6 Å². The Hall–Kier alpha value is -0.386. The van der Waals surface area contributed by atoms with E-state index < -0.39 is 32.4 Å². The summed E-state index contributed by atoms with van der Waals surface area (Å²) in [6.45, 7) is 28.5. The maximum Gasteiger partial charge on any atom is 0.192 e. The molecule has 0 heterocycles. The minimum absolute atomic E-state index is 0.00874. The second-order valence-corrected chi connectivity index (χ2v) is 25.0. The van der Waals surface area contributed by atoms with Crippen molar-refractivity contribution in [2.75, 3.05) is 6.61 Å². The lowest BCUT2D eigenvalue weighted by molar-refractivity contribution is 0.0823. The van der Waals surface area contributed by atoms with Crippen LogP contribution in [0.3, 0.4) is 0 Å². The van der Waals surface area contributed by atoms with Gasteiger partial charge >= 0.3 is 0 Å². The number of benzene rings is 1. The molecule has 198 valence electrons. The van der Waals surface area contributed by atoms with Crippen molar-refractivity contribution in [3.63, 3.8) is 0 Å². The molecule has 4 nitrogen and oxygen atoms in total. The van der Waals surface area contributed by atoms with E-state index in [0.717, 1.165) is 5.56 Å². The van der Waals surface area contributed by atoms with E-state index in [9.17, 15) is 8.60 Å². The molecule has 0 saturated carbocycles. The highest BCUT2D eigenvalue weighted by atomic mass is 32.2. The van der Waals surface area contributed by atoms with Crippen LogP contribution in [0.15, 0.2) is 24.3 Å². The highest BCUT2D eigenvalue weighted by molar-refractivity contribution is 7.84. The van der Waals surface area contributed by atoms with Crippen molar-refractivity contribution in [2.24, 2.45) is 0 Å². The number of nitrogens with one attached hydrogen (secondary N) is 1. The number of halogens is 1. The summed E-state index contributed by atoms with van der Waals surface area (Å²) in [5.74, 6) is -0.271. The van der Waals surface area contributed by atoms with Gasteiger partial charge in [0, 0.05) is 0 Å². The predicted octanol–water partition coefficient (Wildman–Crippen LogP) is 7.20. The third kappa shape index (κ3) is 9.24. The van der Waals surface area contributed by atoms with E-state index in [0.29, 0.717) is 13.0 Å². The first-order chi connectivity index (χ1) is 15.1. The van der Waals surface area contributed by atoms with Gasteiger partial charge in [-0.25, -0.2) is 13.3 Å². The van der Waals surface area contributed by atoms with Crippen molar-refractivity contribution in [3.8, 4) is 0 Å². The van der Waals surface area contributed by atoms with E-state index in [-0.39, 0.29) is 28.0 Å². The maximum absolute atomic E-state index is 14.0. The molecule has 8 heteroatoms. The molecule has 0 saturated heterocycles. The maximum atomic E-state index is 14.0. The SMILES string of the molecule is CC(C)(C)S(=O)N[C@@H](Cc1cccc(F)c1)[C@@H](CO[Si](C)(C)C(C)(C)C)O[Si](C)(C)C(C)(C)C. The average Bonchev–Trinajstić information content (AvgIpc) is 2.62. The van der Waals surface area contributed by atoms with Gasteiger partial charge in [-0.05, 0) is 81.2 Å². The summed E-state index contributed by atoms with van der Waals surface area (Å²) in [5, 5.41) is 0.0725. The van der Waals surface area contributed by atoms with Crippen LogP contribution in [0.1, 0.15) is 67.9 Å². The molecule has 1 rings (SSSR count). The van der Waals surface area contributed by atoms with Gasteiger partial charge in [-0.1, -0.05) is 53.7 Å². The molecule has 1 N–H and O–H groups in total. The van der Waals surface area contributed by atoms with Crippen LogP contribution >= 0.6 is 0 Å². The molecule has 0 aromatic heterocycles. The molecule has 1 aromatic rings. The summed E-state index contributed by atoms with van der Waals surface area (Å²) in [5.41, 5.74) is 0.847. The molecule has 0 aliphatic heterocycles. The fourth-order valence-corrected chi connectivity index (χ4v) is 6.00. The zero-order chi connectivity index (χ0) is 26.8. The Kier molecular flexibility index (Phi) is 10.6. The molecule has 0 fully saturated rings. The Morgan fingerprint density at radius 2 is 1.47 bits per heavy atom. The van der Waals surface area contributed by atoms with Gasteiger partial charge in [0.1, 0.15) is 5.82 Å². The van der Waals surface area contributed by atoms with Crippen molar-refractivity contribution in [1.82, 2.24) is 4.72 Å². The second-order valence-electron chi connectivity index (χ2n) is 13.4. The summed E-state index contributed by atoms with van der Waals surface area (Å²) in [6, 6.07) is 6.34. The Balaban J connectivity index is 3.43. The molecule has 0 aliphatic carbocycles. The Morgan fingerprint density at radius 3 is 1.91 bits per heavy atom. The minimum Gasteiger partial charge on any atom is -0.414 e. The minimum atomic E-state index is -2.18. The molecule has 1 aromatic carbocycles. The lowest BCUT2D eigenvalue weighted by Gasteiger charge is -2.44. The van der Waals surface area contributed by atoms with Crippen LogP contribution in [0, 0.1) is 5.82 Å². The van der Waals surface area contributed by atoms with E-state index in [1.165, 1.54) is 6.07 Å². The van der Waals surface area contributed by atoms with Gasteiger partial charge in [0.25, 0.3) is 0 Å². The van der Waals surface area contributed by atoms with E-state index in [2.05, 4.69) is 72.5 Å². The summed E-state index contributed by atoms with van der Waals surface area (Å²) in [6.07, 6.45) is 0.185. The summed E-state index contributed by atoms with van der Waals surface area (Å²) < 4.78 is 43.7. The highest BCUT2D eigenvalue weighted by Gasteiger charge is 2.43.